The number of carbonyl (C=O) groups excluding carboxylic acids is 1. The summed E-state index contributed by atoms with van der Waals surface area (Å²) in [4.78, 5) is 23.4. The molecule has 3 heterocycles. The summed E-state index contributed by atoms with van der Waals surface area (Å²) < 4.78 is 13.5. The Bertz CT molecular complexity index is 1180. The zero-order chi connectivity index (χ0) is 22.7. The van der Waals surface area contributed by atoms with Crippen LogP contribution in [0.5, 0.6) is 0 Å². The van der Waals surface area contributed by atoms with Gasteiger partial charge in [0.2, 0.25) is 0 Å². The number of amides is 1. The lowest BCUT2D eigenvalue weighted by Crippen LogP contribution is -2.53. The van der Waals surface area contributed by atoms with E-state index in [1.807, 2.05) is 54.5 Å². The number of rotatable bonds is 2. The lowest BCUT2D eigenvalue weighted by molar-refractivity contribution is -0.0711. The van der Waals surface area contributed by atoms with Crippen LogP contribution in [0.25, 0.3) is 16.7 Å². The summed E-state index contributed by atoms with van der Waals surface area (Å²) in [6, 6.07) is 9.43. The maximum atomic E-state index is 13.1. The van der Waals surface area contributed by atoms with E-state index in [0.29, 0.717) is 34.6 Å². The maximum Gasteiger partial charge on any atom is 0.411 e. The van der Waals surface area contributed by atoms with Crippen molar-refractivity contribution in [1.82, 2.24) is 19.4 Å². The Hall–Kier alpha value is -2.35. The van der Waals surface area contributed by atoms with Crippen molar-refractivity contribution in [2.75, 3.05) is 13.2 Å². The Morgan fingerprint density at radius 1 is 1.19 bits per heavy atom. The largest absolute Gasteiger partial charge is 0.444 e. The van der Waals surface area contributed by atoms with Gasteiger partial charge < -0.3 is 9.47 Å². The minimum atomic E-state index is -0.560. The highest BCUT2D eigenvalue weighted by Crippen LogP contribution is 2.49. The average molecular weight is 475 g/mol. The van der Waals surface area contributed by atoms with E-state index in [9.17, 15) is 4.79 Å². The number of halogens is 2. The summed E-state index contributed by atoms with van der Waals surface area (Å²) in [5.74, 6) is 0. The molecule has 1 amide bonds. The van der Waals surface area contributed by atoms with E-state index in [0.717, 1.165) is 24.1 Å². The van der Waals surface area contributed by atoms with Gasteiger partial charge in [0.15, 0.2) is 5.65 Å². The van der Waals surface area contributed by atoms with E-state index >= 15 is 0 Å². The minimum absolute atomic E-state index is 0.219. The van der Waals surface area contributed by atoms with Gasteiger partial charge in [0.05, 0.1) is 30.2 Å². The summed E-state index contributed by atoms with van der Waals surface area (Å²) in [6.45, 7) is 6.63. The summed E-state index contributed by atoms with van der Waals surface area (Å²) >= 11 is 12.7. The van der Waals surface area contributed by atoms with Gasteiger partial charge in [-0.3, -0.25) is 9.47 Å². The Morgan fingerprint density at radius 3 is 2.56 bits per heavy atom. The second kappa shape index (κ2) is 7.61. The number of carbonyl (C=O) groups is 1. The summed E-state index contributed by atoms with van der Waals surface area (Å²) in [7, 11) is 0. The molecule has 1 atom stereocenters. The molecule has 9 heteroatoms. The van der Waals surface area contributed by atoms with Crippen LogP contribution in [-0.4, -0.2) is 49.9 Å². The number of aromatic nitrogens is 3. The van der Waals surface area contributed by atoms with Crippen LogP contribution in [0, 0.1) is 0 Å². The van der Waals surface area contributed by atoms with E-state index in [-0.39, 0.29) is 17.7 Å². The molecule has 0 N–H and O–H groups in total. The van der Waals surface area contributed by atoms with Crippen molar-refractivity contribution in [3.05, 3.63) is 52.5 Å². The lowest BCUT2D eigenvalue weighted by Gasteiger charge is -2.43. The maximum absolute atomic E-state index is 13.1. The van der Waals surface area contributed by atoms with Gasteiger partial charge in [-0.1, -0.05) is 35.3 Å². The van der Waals surface area contributed by atoms with E-state index in [2.05, 4.69) is 9.97 Å². The van der Waals surface area contributed by atoms with Gasteiger partial charge in [-0.2, -0.15) is 0 Å². The molecule has 2 fully saturated rings. The zero-order valence-corrected chi connectivity index (χ0v) is 19.7. The van der Waals surface area contributed by atoms with E-state index in [1.54, 1.807) is 6.07 Å². The molecule has 1 spiro atoms. The molecule has 1 aliphatic heterocycles. The highest BCUT2D eigenvalue weighted by atomic mass is 35.5. The zero-order valence-electron chi connectivity index (χ0n) is 18.1. The Labute approximate surface area is 196 Å². The Kier molecular flexibility index (Phi) is 5.11. The number of hydrogen-bond acceptors (Lipinski definition) is 5. The van der Waals surface area contributed by atoms with Crippen molar-refractivity contribution < 1.29 is 14.3 Å². The lowest BCUT2D eigenvalue weighted by atomic mass is 10.0. The van der Waals surface area contributed by atoms with Crippen LogP contribution in [0.3, 0.4) is 0 Å². The van der Waals surface area contributed by atoms with Crippen LogP contribution >= 0.6 is 23.2 Å². The second-order valence-corrected chi connectivity index (χ2v) is 10.1. The first kappa shape index (κ1) is 21.5. The molecule has 2 aromatic heterocycles. The quantitative estimate of drug-likeness (QED) is 0.454. The fraction of sp³-hybridized carbons (Fsp3) is 0.435. The summed E-state index contributed by atoms with van der Waals surface area (Å²) in [6.07, 6.45) is 2.97. The van der Waals surface area contributed by atoms with Crippen molar-refractivity contribution in [3.63, 3.8) is 0 Å². The molecule has 5 rings (SSSR count). The van der Waals surface area contributed by atoms with E-state index in [4.69, 9.17) is 32.7 Å². The third kappa shape index (κ3) is 3.72. The molecule has 7 nitrogen and oxygen atoms in total. The Balaban J connectivity index is 1.49. The van der Waals surface area contributed by atoms with E-state index in [1.165, 1.54) is 6.33 Å². The van der Waals surface area contributed by atoms with Gasteiger partial charge in [0.1, 0.15) is 22.2 Å². The molecule has 1 saturated heterocycles. The molecule has 0 bridgehead atoms. The molecule has 1 unspecified atom stereocenters. The number of ether oxygens (including phenoxy) is 2. The van der Waals surface area contributed by atoms with Gasteiger partial charge in [-0.15, -0.1) is 0 Å². The van der Waals surface area contributed by atoms with Crippen molar-refractivity contribution in [1.29, 1.82) is 0 Å². The van der Waals surface area contributed by atoms with Gasteiger partial charge in [-0.25, -0.2) is 14.8 Å². The van der Waals surface area contributed by atoms with Crippen LogP contribution in [0.1, 0.15) is 45.2 Å². The smallest absolute Gasteiger partial charge is 0.411 e. The number of fused-ring (bicyclic) bond motifs is 1. The molecule has 0 radical (unpaired) electrons. The van der Waals surface area contributed by atoms with Gasteiger partial charge >= 0.3 is 6.09 Å². The topological polar surface area (TPSA) is 69.5 Å². The minimum Gasteiger partial charge on any atom is -0.444 e. The normalized spacial score (nSPS) is 20.0. The SMILES string of the molecule is CC(C)(C)OC(=O)N1C(c2ccc(-n3c(Cl)cc4c(Cl)ncnc43)cc2)COCC12CC2. The van der Waals surface area contributed by atoms with Crippen LogP contribution in [0.2, 0.25) is 10.3 Å². The molecular weight excluding hydrogens is 451 g/mol. The van der Waals surface area contributed by atoms with E-state index < -0.39 is 5.60 Å². The van der Waals surface area contributed by atoms with Crippen molar-refractivity contribution in [2.45, 2.75) is 50.8 Å². The number of morpholine rings is 1. The highest BCUT2D eigenvalue weighted by Gasteiger charge is 2.56. The molecule has 168 valence electrons. The monoisotopic (exact) mass is 474 g/mol. The summed E-state index contributed by atoms with van der Waals surface area (Å²) in [5, 5.41) is 1.54. The van der Waals surface area contributed by atoms with Gasteiger partial charge in [-0.05, 0) is 57.4 Å². The molecule has 1 aliphatic carbocycles. The van der Waals surface area contributed by atoms with Crippen molar-refractivity contribution in [3.8, 4) is 5.69 Å². The number of benzene rings is 1. The average Bonchev–Trinajstić information content (AvgIpc) is 3.39. The van der Waals surface area contributed by atoms with Crippen LogP contribution in [-0.2, 0) is 9.47 Å². The van der Waals surface area contributed by atoms with Crippen LogP contribution in [0.4, 0.5) is 4.79 Å². The molecule has 1 aromatic carbocycles. The van der Waals surface area contributed by atoms with Crippen LogP contribution < -0.4 is 0 Å². The number of hydrogen-bond donors (Lipinski definition) is 0. The first-order valence-corrected chi connectivity index (χ1v) is 11.3. The summed E-state index contributed by atoms with van der Waals surface area (Å²) in [5.41, 5.74) is 1.62. The molecule has 32 heavy (non-hydrogen) atoms. The van der Waals surface area contributed by atoms with Crippen molar-refractivity contribution >= 4 is 40.3 Å². The third-order valence-corrected chi connectivity index (χ3v) is 6.51. The fourth-order valence-corrected chi connectivity index (χ4v) is 4.76. The molecule has 3 aromatic rings. The molecule has 1 saturated carbocycles. The first-order valence-electron chi connectivity index (χ1n) is 10.6. The van der Waals surface area contributed by atoms with Gasteiger partial charge in [0, 0.05) is 5.69 Å². The molecule has 2 aliphatic rings. The second-order valence-electron chi connectivity index (χ2n) is 9.40. The van der Waals surface area contributed by atoms with Crippen LogP contribution in [0.15, 0.2) is 36.7 Å². The predicted octanol–water partition coefficient (Wildman–Crippen LogP) is 5.57. The highest BCUT2D eigenvalue weighted by molar-refractivity contribution is 6.36. The van der Waals surface area contributed by atoms with Crippen molar-refractivity contribution in [2.24, 2.45) is 0 Å². The molecular formula is C23H24Cl2N4O3. The van der Waals surface area contributed by atoms with Gasteiger partial charge in [0.25, 0.3) is 0 Å². The first-order chi connectivity index (χ1) is 15.2. The number of nitrogens with zero attached hydrogens (tertiary/aromatic N) is 4. The fourth-order valence-electron chi connectivity index (χ4n) is 4.29. The third-order valence-electron chi connectivity index (χ3n) is 5.93. The predicted molar refractivity (Wildman–Crippen MR) is 122 cm³/mol. The standard InChI is InChI=1S/C23H24Cl2N4O3/c1-22(2,3)32-21(30)29-17(11-31-12-23(29)8-9-23)14-4-6-15(7-5-14)28-18(24)10-16-19(25)26-13-27-20(16)28/h4-7,10,13,17H,8-9,11-12H2,1-3H3. The Morgan fingerprint density at radius 2 is 1.91 bits per heavy atom.